The van der Waals surface area contributed by atoms with Crippen molar-refractivity contribution in [2.75, 3.05) is 38.8 Å². The lowest BCUT2D eigenvalue weighted by Gasteiger charge is -2.28. The van der Waals surface area contributed by atoms with Crippen LogP contribution in [-0.2, 0) is 15.2 Å². The highest BCUT2D eigenvalue weighted by molar-refractivity contribution is 7.98. The molecule has 1 aromatic carbocycles. The monoisotopic (exact) mass is 309 g/mol. The molecule has 0 amide bonds. The van der Waals surface area contributed by atoms with E-state index in [1.807, 2.05) is 11.8 Å². The molecule has 1 atom stereocenters. The zero-order valence-corrected chi connectivity index (χ0v) is 13.8. The van der Waals surface area contributed by atoms with Gasteiger partial charge in [0, 0.05) is 24.6 Å². The Morgan fingerprint density at radius 2 is 2.00 bits per heavy atom. The van der Waals surface area contributed by atoms with Crippen LogP contribution in [0.1, 0.15) is 25.3 Å². The third-order valence-electron chi connectivity index (χ3n) is 3.62. The molecule has 2 rings (SSSR count). The van der Waals surface area contributed by atoms with Crippen molar-refractivity contribution in [2.45, 2.75) is 31.6 Å². The Hall–Kier alpha value is -0.550. The summed E-state index contributed by atoms with van der Waals surface area (Å²) in [6, 6.07) is 10.7. The van der Waals surface area contributed by atoms with Gasteiger partial charge in [-0.2, -0.15) is 11.8 Å². The number of hydrogen-bond acceptors (Lipinski definition) is 4. The smallest absolute Gasteiger partial charge is 0.0995 e. The van der Waals surface area contributed by atoms with Crippen LogP contribution in [0.15, 0.2) is 30.3 Å². The van der Waals surface area contributed by atoms with Gasteiger partial charge >= 0.3 is 0 Å². The maximum absolute atomic E-state index is 6.11. The minimum Gasteiger partial charge on any atom is -0.379 e. The topological polar surface area (TPSA) is 21.7 Å². The first-order valence-corrected chi connectivity index (χ1v) is 9.07. The summed E-state index contributed by atoms with van der Waals surface area (Å²) in [5, 5.41) is 0. The van der Waals surface area contributed by atoms with Gasteiger partial charge in [-0.25, -0.2) is 0 Å². The molecule has 0 aliphatic carbocycles. The quantitative estimate of drug-likeness (QED) is 0.697. The Bertz CT molecular complexity index is 368. The summed E-state index contributed by atoms with van der Waals surface area (Å²) in [5.74, 6) is 2.15. The molecule has 4 heteroatoms. The Balaban J connectivity index is 1.65. The largest absolute Gasteiger partial charge is 0.379 e. The molecule has 1 aliphatic rings. The number of ether oxygens (including phenoxy) is 2. The first-order valence-electron chi connectivity index (χ1n) is 7.92. The molecule has 1 heterocycles. The molecule has 1 aromatic rings. The molecule has 0 saturated carbocycles. The van der Waals surface area contributed by atoms with Crippen LogP contribution in [0.25, 0.3) is 0 Å². The van der Waals surface area contributed by atoms with Crippen LogP contribution in [0.4, 0.5) is 0 Å². The lowest BCUT2D eigenvalue weighted by Crippen LogP contribution is -2.39. The second-order valence-corrected chi connectivity index (χ2v) is 6.47. The first kappa shape index (κ1) is 16.8. The van der Waals surface area contributed by atoms with Gasteiger partial charge in [0.15, 0.2) is 0 Å². The van der Waals surface area contributed by atoms with Crippen LogP contribution in [0.5, 0.6) is 0 Å². The zero-order chi connectivity index (χ0) is 14.8. The third-order valence-corrected chi connectivity index (χ3v) is 4.77. The lowest BCUT2D eigenvalue weighted by atomic mass is 10.2. The highest BCUT2D eigenvalue weighted by Gasteiger charge is 2.14. The number of morpholine rings is 1. The van der Waals surface area contributed by atoms with E-state index >= 15 is 0 Å². The molecule has 0 radical (unpaired) electrons. The van der Waals surface area contributed by atoms with Gasteiger partial charge in [-0.3, -0.25) is 4.90 Å². The van der Waals surface area contributed by atoms with E-state index in [1.54, 1.807) is 0 Å². The normalized spacial score (nSPS) is 17.8. The molecule has 118 valence electrons. The molecule has 3 nitrogen and oxygen atoms in total. The number of thioether (sulfide) groups is 1. The molecule has 1 saturated heterocycles. The average molecular weight is 309 g/mol. The van der Waals surface area contributed by atoms with Crippen LogP contribution in [0.2, 0.25) is 0 Å². The molecule has 1 unspecified atom stereocenters. The van der Waals surface area contributed by atoms with Crippen molar-refractivity contribution >= 4 is 11.8 Å². The van der Waals surface area contributed by atoms with Crippen LogP contribution in [0.3, 0.4) is 0 Å². The molecular weight excluding hydrogens is 282 g/mol. The Morgan fingerprint density at radius 3 is 2.71 bits per heavy atom. The van der Waals surface area contributed by atoms with Crippen LogP contribution in [0, 0.1) is 0 Å². The maximum Gasteiger partial charge on any atom is 0.0995 e. The lowest BCUT2D eigenvalue weighted by molar-refractivity contribution is -0.0562. The van der Waals surface area contributed by atoms with E-state index in [0.717, 1.165) is 51.0 Å². The first-order chi connectivity index (χ1) is 10.4. The van der Waals surface area contributed by atoms with E-state index in [0.29, 0.717) is 6.10 Å². The van der Waals surface area contributed by atoms with Crippen molar-refractivity contribution in [1.82, 2.24) is 4.90 Å². The predicted molar refractivity (Wildman–Crippen MR) is 89.6 cm³/mol. The van der Waals surface area contributed by atoms with Gasteiger partial charge in [0.05, 0.1) is 26.0 Å². The summed E-state index contributed by atoms with van der Waals surface area (Å²) in [4.78, 5) is 2.34. The van der Waals surface area contributed by atoms with Crippen molar-refractivity contribution < 1.29 is 9.47 Å². The van der Waals surface area contributed by atoms with Gasteiger partial charge in [-0.15, -0.1) is 0 Å². The number of hydrogen-bond donors (Lipinski definition) is 0. The van der Waals surface area contributed by atoms with E-state index in [-0.39, 0.29) is 0 Å². The molecule has 1 fully saturated rings. The Kier molecular flexibility index (Phi) is 8.18. The molecular formula is C17H27NO2S. The zero-order valence-electron chi connectivity index (χ0n) is 13.0. The van der Waals surface area contributed by atoms with Gasteiger partial charge in [-0.05, 0) is 12.0 Å². The third kappa shape index (κ3) is 6.83. The van der Waals surface area contributed by atoms with Crippen molar-refractivity contribution in [3.8, 4) is 0 Å². The van der Waals surface area contributed by atoms with E-state index in [4.69, 9.17) is 9.47 Å². The van der Waals surface area contributed by atoms with Crippen LogP contribution in [-0.4, -0.2) is 49.8 Å². The highest BCUT2D eigenvalue weighted by atomic mass is 32.2. The fourth-order valence-corrected chi connectivity index (χ4v) is 3.43. The van der Waals surface area contributed by atoms with Crippen molar-refractivity contribution in [2.24, 2.45) is 0 Å². The van der Waals surface area contributed by atoms with E-state index < -0.39 is 0 Å². The van der Waals surface area contributed by atoms with E-state index in [1.165, 1.54) is 12.0 Å². The Morgan fingerprint density at radius 1 is 1.24 bits per heavy atom. The van der Waals surface area contributed by atoms with Crippen molar-refractivity contribution in [3.63, 3.8) is 0 Å². The molecule has 1 aliphatic heterocycles. The van der Waals surface area contributed by atoms with Gasteiger partial charge < -0.3 is 9.47 Å². The molecule has 0 bridgehead atoms. The summed E-state index contributed by atoms with van der Waals surface area (Å²) in [6.45, 7) is 6.65. The Labute approximate surface area is 133 Å². The minimum absolute atomic E-state index is 0.367. The van der Waals surface area contributed by atoms with Gasteiger partial charge in [-0.1, -0.05) is 43.7 Å². The fourth-order valence-electron chi connectivity index (χ4n) is 2.36. The average Bonchev–Trinajstić information content (AvgIpc) is 2.54. The second-order valence-electron chi connectivity index (χ2n) is 5.44. The molecule has 0 aromatic heterocycles. The highest BCUT2D eigenvalue weighted by Crippen LogP contribution is 2.16. The van der Waals surface area contributed by atoms with Crippen molar-refractivity contribution in [1.29, 1.82) is 0 Å². The number of benzene rings is 1. The van der Waals surface area contributed by atoms with Gasteiger partial charge in [0.2, 0.25) is 0 Å². The van der Waals surface area contributed by atoms with Crippen LogP contribution < -0.4 is 0 Å². The summed E-state index contributed by atoms with van der Waals surface area (Å²) in [5.41, 5.74) is 1.39. The number of nitrogens with zero attached hydrogens (tertiary/aromatic N) is 1. The van der Waals surface area contributed by atoms with E-state index in [2.05, 4.69) is 42.2 Å². The molecule has 21 heavy (non-hydrogen) atoms. The molecule has 0 spiro atoms. The van der Waals surface area contributed by atoms with Gasteiger partial charge in [0.1, 0.15) is 0 Å². The standard InChI is InChI=1S/C17H27NO2S/c1-2-6-17(20-15-18-9-11-19-12-10-18)14-21-13-16-7-4-3-5-8-16/h3-5,7-8,17H,2,6,9-15H2,1H3. The minimum atomic E-state index is 0.367. The fraction of sp³-hybridized carbons (Fsp3) is 0.647. The van der Waals surface area contributed by atoms with Crippen molar-refractivity contribution in [3.05, 3.63) is 35.9 Å². The van der Waals surface area contributed by atoms with Crippen LogP contribution >= 0.6 is 11.8 Å². The summed E-state index contributed by atoms with van der Waals surface area (Å²) >= 11 is 1.97. The SMILES string of the molecule is CCCC(CSCc1ccccc1)OCN1CCOCC1. The van der Waals surface area contributed by atoms with Gasteiger partial charge in [0.25, 0.3) is 0 Å². The summed E-state index contributed by atoms with van der Waals surface area (Å²) in [6.07, 6.45) is 2.69. The molecule has 0 N–H and O–H groups in total. The summed E-state index contributed by atoms with van der Waals surface area (Å²) < 4.78 is 11.5. The summed E-state index contributed by atoms with van der Waals surface area (Å²) in [7, 11) is 0. The predicted octanol–water partition coefficient (Wildman–Crippen LogP) is 3.39. The second kappa shape index (κ2) is 10.2. The van der Waals surface area contributed by atoms with E-state index in [9.17, 15) is 0 Å². The maximum atomic E-state index is 6.11. The number of rotatable bonds is 9.